The summed E-state index contributed by atoms with van der Waals surface area (Å²) in [6.45, 7) is 6.43. The lowest BCUT2D eigenvalue weighted by atomic mass is 10.2. The second kappa shape index (κ2) is 6.15. The SMILES string of the molecule is Cc1cc(CN2CCN(C(=O)[C@H](C)S(C)(=O)=O)CC2)on1. The average molecular weight is 315 g/mol. The van der Waals surface area contributed by atoms with Crippen LogP contribution in [-0.4, -0.2) is 67.0 Å². The van der Waals surface area contributed by atoms with E-state index in [1.165, 1.54) is 6.92 Å². The van der Waals surface area contributed by atoms with Gasteiger partial charge in [0.15, 0.2) is 15.6 Å². The molecule has 1 aliphatic rings. The highest BCUT2D eigenvalue weighted by atomic mass is 32.2. The number of rotatable bonds is 4. The van der Waals surface area contributed by atoms with Crippen LogP contribution in [0.4, 0.5) is 0 Å². The van der Waals surface area contributed by atoms with E-state index in [0.717, 1.165) is 17.7 Å². The molecule has 21 heavy (non-hydrogen) atoms. The molecular weight excluding hydrogens is 294 g/mol. The largest absolute Gasteiger partial charge is 0.360 e. The first-order chi connectivity index (χ1) is 9.77. The summed E-state index contributed by atoms with van der Waals surface area (Å²) in [5.41, 5.74) is 0.848. The predicted octanol–water partition coefficient (Wildman–Crippen LogP) is 0.0603. The summed E-state index contributed by atoms with van der Waals surface area (Å²) in [6, 6.07) is 1.89. The van der Waals surface area contributed by atoms with Crippen LogP contribution in [0.5, 0.6) is 0 Å². The van der Waals surface area contributed by atoms with E-state index in [2.05, 4.69) is 10.1 Å². The summed E-state index contributed by atoms with van der Waals surface area (Å²) in [4.78, 5) is 15.9. The van der Waals surface area contributed by atoms with E-state index in [1.807, 2.05) is 13.0 Å². The maximum atomic E-state index is 12.1. The second-order valence-electron chi connectivity index (χ2n) is 5.51. The Kier molecular flexibility index (Phi) is 4.67. The molecule has 0 aromatic carbocycles. The molecule has 1 aromatic heterocycles. The van der Waals surface area contributed by atoms with E-state index < -0.39 is 15.1 Å². The summed E-state index contributed by atoms with van der Waals surface area (Å²) < 4.78 is 28.1. The maximum absolute atomic E-state index is 12.1. The molecule has 0 N–H and O–H groups in total. The van der Waals surface area contributed by atoms with E-state index >= 15 is 0 Å². The summed E-state index contributed by atoms with van der Waals surface area (Å²) >= 11 is 0. The number of sulfone groups is 1. The Balaban J connectivity index is 1.87. The number of piperazine rings is 1. The number of amides is 1. The van der Waals surface area contributed by atoms with Crippen LogP contribution in [0.25, 0.3) is 0 Å². The minimum Gasteiger partial charge on any atom is -0.360 e. The van der Waals surface area contributed by atoms with Crippen LogP contribution >= 0.6 is 0 Å². The molecule has 1 saturated heterocycles. The van der Waals surface area contributed by atoms with E-state index in [4.69, 9.17) is 4.52 Å². The van der Waals surface area contributed by atoms with Crippen molar-refractivity contribution in [2.75, 3.05) is 32.4 Å². The lowest BCUT2D eigenvalue weighted by molar-refractivity contribution is -0.132. The van der Waals surface area contributed by atoms with Crippen LogP contribution in [0, 0.1) is 6.92 Å². The molecule has 1 atom stereocenters. The summed E-state index contributed by atoms with van der Waals surface area (Å²) in [7, 11) is -3.34. The molecule has 1 amide bonds. The van der Waals surface area contributed by atoms with E-state index in [0.29, 0.717) is 32.7 Å². The summed E-state index contributed by atoms with van der Waals surface area (Å²) in [5, 5.41) is 2.87. The molecular formula is C13H21N3O4S. The molecule has 0 radical (unpaired) electrons. The Labute approximate surface area is 124 Å². The highest BCUT2D eigenvalue weighted by molar-refractivity contribution is 7.92. The number of hydrogen-bond donors (Lipinski definition) is 0. The van der Waals surface area contributed by atoms with Gasteiger partial charge in [-0.05, 0) is 13.8 Å². The molecule has 8 heteroatoms. The van der Waals surface area contributed by atoms with Gasteiger partial charge in [0.1, 0.15) is 5.25 Å². The first kappa shape index (κ1) is 16.0. The molecule has 0 spiro atoms. The lowest BCUT2D eigenvalue weighted by Gasteiger charge is -2.35. The minimum absolute atomic E-state index is 0.312. The van der Waals surface area contributed by atoms with Gasteiger partial charge in [-0.25, -0.2) is 8.42 Å². The fourth-order valence-electron chi connectivity index (χ4n) is 2.28. The number of aromatic nitrogens is 1. The fraction of sp³-hybridized carbons (Fsp3) is 0.692. The molecule has 1 aromatic rings. The highest BCUT2D eigenvalue weighted by Gasteiger charge is 2.30. The Morgan fingerprint density at radius 2 is 2.00 bits per heavy atom. The number of carbonyl (C=O) groups excluding carboxylic acids is 1. The molecule has 2 heterocycles. The third kappa shape index (κ3) is 4.04. The maximum Gasteiger partial charge on any atom is 0.240 e. The summed E-state index contributed by atoms with van der Waals surface area (Å²) in [6.07, 6.45) is 1.10. The number of hydrogen-bond acceptors (Lipinski definition) is 6. The Bertz CT molecular complexity index is 603. The van der Waals surface area contributed by atoms with Gasteiger partial charge >= 0.3 is 0 Å². The van der Waals surface area contributed by atoms with Gasteiger partial charge in [0.25, 0.3) is 0 Å². The average Bonchev–Trinajstić information content (AvgIpc) is 2.82. The van der Waals surface area contributed by atoms with Crippen molar-refractivity contribution < 1.29 is 17.7 Å². The quantitative estimate of drug-likeness (QED) is 0.781. The Morgan fingerprint density at radius 1 is 1.38 bits per heavy atom. The lowest BCUT2D eigenvalue weighted by Crippen LogP contribution is -2.51. The van der Waals surface area contributed by atoms with Crippen molar-refractivity contribution in [3.8, 4) is 0 Å². The van der Waals surface area contributed by atoms with Crippen molar-refractivity contribution in [1.82, 2.24) is 15.0 Å². The molecule has 7 nitrogen and oxygen atoms in total. The number of aryl methyl sites for hydroxylation is 1. The van der Waals surface area contributed by atoms with Crippen LogP contribution in [0.3, 0.4) is 0 Å². The Morgan fingerprint density at radius 3 is 2.48 bits per heavy atom. The van der Waals surface area contributed by atoms with Gasteiger partial charge in [0.2, 0.25) is 5.91 Å². The molecule has 0 aliphatic carbocycles. The van der Waals surface area contributed by atoms with E-state index in [9.17, 15) is 13.2 Å². The minimum atomic E-state index is -3.34. The Hall–Kier alpha value is -1.41. The normalized spacial score (nSPS) is 18.7. The van der Waals surface area contributed by atoms with Gasteiger partial charge in [0.05, 0.1) is 12.2 Å². The van der Waals surface area contributed by atoms with Crippen LogP contribution in [-0.2, 0) is 21.2 Å². The molecule has 0 bridgehead atoms. The zero-order valence-electron chi connectivity index (χ0n) is 12.6. The van der Waals surface area contributed by atoms with Crippen LogP contribution in [0.15, 0.2) is 10.6 Å². The number of nitrogens with zero attached hydrogens (tertiary/aromatic N) is 3. The molecule has 1 aliphatic heterocycles. The topological polar surface area (TPSA) is 83.7 Å². The molecule has 2 rings (SSSR count). The van der Waals surface area contributed by atoms with Crippen molar-refractivity contribution in [3.63, 3.8) is 0 Å². The molecule has 0 unspecified atom stereocenters. The smallest absolute Gasteiger partial charge is 0.240 e. The van der Waals surface area contributed by atoms with Gasteiger partial charge in [-0.1, -0.05) is 5.16 Å². The van der Waals surface area contributed by atoms with Gasteiger partial charge in [-0.15, -0.1) is 0 Å². The predicted molar refractivity (Wildman–Crippen MR) is 77.4 cm³/mol. The van der Waals surface area contributed by atoms with Gasteiger partial charge in [-0.2, -0.15) is 0 Å². The standard InChI is InChI=1S/C13H21N3O4S/c1-10-8-12(20-14-10)9-15-4-6-16(7-5-15)13(17)11(2)21(3,18)19/h8,11H,4-7,9H2,1-3H3/t11-/m0/s1. The third-order valence-electron chi connectivity index (χ3n) is 3.73. The van der Waals surface area contributed by atoms with Crippen molar-refractivity contribution in [2.24, 2.45) is 0 Å². The third-order valence-corrected chi connectivity index (χ3v) is 5.22. The van der Waals surface area contributed by atoms with E-state index in [1.54, 1.807) is 4.90 Å². The van der Waals surface area contributed by atoms with Crippen LogP contribution < -0.4 is 0 Å². The first-order valence-corrected chi connectivity index (χ1v) is 8.85. The van der Waals surface area contributed by atoms with E-state index in [-0.39, 0.29) is 5.91 Å². The molecule has 1 fully saturated rings. The fourth-order valence-corrected chi connectivity index (χ4v) is 2.79. The van der Waals surface area contributed by atoms with Gasteiger partial charge in [-0.3, -0.25) is 9.69 Å². The summed E-state index contributed by atoms with van der Waals surface area (Å²) in [5.74, 6) is 0.490. The number of carbonyl (C=O) groups is 1. The van der Waals surface area contributed by atoms with Crippen LogP contribution in [0.2, 0.25) is 0 Å². The zero-order chi connectivity index (χ0) is 15.6. The van der Waals surface area contributed by atoms with Gasteiger partial charge < -0.3 is 9.42 Å². The molecule has 0 saturated carbocycles. The van der Waals surface area contributed by atoms with Crippen LogP contribution in [0.1, 0.15) is 18.4 Å². The second-order valence-corrected chi connectivity index (χ2v) is 7.87. The van der Waals surface area contributed by atoms with Crippen molar-refractivity contribution >= 4 is 15.7 Å². The van der Waals surface area contributed by atoms with Crippen molar-refractivity contribution in [3.05, 3.63) is 17.5 Å². The highest BCUT2D eigenvalue weighted by Crippen LogP contribution is 2.12. The van der Waals surface area contributed by atoms with Crippen molar-refractivity contribution in [2.45, 2.75) is 25.6 Å². The molecule has 118 valence electrons. The first-order valence-electron chi connectivity index (χ1n) is 6.89. The zero-order valence-corrected chi connectivity index (χ0v) is 13.4. The van der Waals surface area contributed by atoms with Gasteiger partial charge in [0, 0.05) is 38.5 Å². The monoisotopic (exact) mass is 315 g/mol. The van der Waals surface area contributed by atoms with Crippen molar-refractivity contribution in [1.29, 1.82) is 0 Å².